The van der Waals surface area contributed by atoms with Crippen molar-refractivity contribution in [2.24, 2.45) is 0 Å². The summed E-state index contributed by atoms with van der Waals surface area (Å²) >= 11 is 0. The van der Waals surface area contributed by atoms with E-state index in [9.17, 15) is 0 Å². The summed E-state index contributed by atoms with van der Waals surface area (Å²) in [5.74, 6) is -0.158. The van der Waals surface area contributed by atoms with E-state index in [0.29, 0.717) is 0 Å². The number of rotatable bonds is 3. The standard InChI is InChI=1S/C5H12N2O/c1-3-7-5(6-2)4-8-5/h6-7H,3-4H2,1-2H3. The summed E-state index contributed by atoms with van der Waals surface area (Å²) in [5.41, 5.74) is 0. The van der Waals surface area contributed by atoms with Gasteiger partial charge >= 0.3 is 0 Å². The Morgan fingerprint density at radius 3 is 2.50 bits per heavy atom. The van der Waals surface area contributed by atoms with Gasteiger partial charge < -0.3 is 4.74 Å². The zero-order valence-corrected chi connectivity index (χ0v) is 5.32. The molecule has 1 rings (SSSR count). The topological polar surface area (TPSA) is 36.6 Å². The number of nitrogens with one attached hydrogen (secondary N) is 2. The highest BCUT2D eigenvalue weighted by Crippen LogP contribution is 2.17. The molecule has 1 fully saturated rings. The van der Waals surface area contributed by atoms with E-state index in [0.717, 1.165) is 13.2 Å². The zero-order chi connectivity index (χ0) is 6.04. The van der Waals surface area contributed by atoms with Crippen LogP contribution in [0.4, 0.5) is 0 Å². The summed E-state index contributed by atoms with van der Waals surface area (Å²) in [4.78, 5) is 0. The molecule has 8 heavy (non-hydrogen) atoms. The lowest BCUT2D eigenvalue weighted by molar-refractivity contribution is 0.226. The van der Waals surface area contributed by atoms with Crippen LogP contribution in [0.5, 0.6) is 0 Å². The molecule has 3 nitrogen and oxygen atoms in total. The van der Waals surface area contributed by atoms with Crippen LogP contribution in [0.25, 0.3) is 0 Å². The zero-order valence-electron chi connectivity index (χ0n) is 5.32. The summed E-state index contributed by atoms with van der Waals surface area (Å²) < 4.78 is 5.06. The van der Waals surface area contributed by atoms with Crippen LogP contribution in [0, 0.1) is 0 Å². The Kier molecular flexibility index (Phi) is 1.51. The summed E-state index contributed by atoms with van der Waals surface area (Å²) in [5, 5.41) is 6.17. The van der Waals surface area contributed by atoms with Gasteiger partial charge in [0.1, 0.15) is 6.61 Å². The minimum absolute atomic E-state index is 0.158. The van der Waals surface area contributed by atoms with Gasteiger partial charge in [-0.2, -0.15) is 0 Å². The van der Waals surface area contributed by atoms with E-state index < -0.39 is 0 Å². The van der Waals surface area contributed by atoms with E-state index in [1.165, 1.54) is 0 Å². The first-order chi connectivity index (χ1) is 3.83. The maximum atomic E-state index is 5.06. The van der Waals surface area contributed by atoms with E-state index in [4.69, 9.17) is 4.74 Å². The smallest absolute Gasteiger partial charge is 0.198 e. The molecule has 1 saturated heterocycles. The van der Waals surface area contributed by atoms with Crippen LogP contribution >= 0.6 is 0 Å². The predicted molar refractivity (Wildman–Crippen MR) is 31.4 cm³/mol. The number of hydrogen-bond donors (Lipinski definition) is 2. The average molecular weight is 116 g/mol. The van der Waals surface area contributed by atoms with Gasteiger partial charge in [-0.05, 0) is 13.6 Å². The van der Waals surface area contributed by atoms with Crippen molar-refractivity contribution in [3.8, 4) is 0 Å². The Balaban J connectivity index is 2.20. The second-order valence-corrected chi connectivity index (χ2v) is 1.90. The fraction of sp³-hybridized carbons (Fsp3) is 1.00. The van der Waals surface area contributed by atoms with Crippen molar-refractivity contribution >= 4 is 0 Å². The van der Waals surface area contributed by atoms with Crippen molar-refractivity contribution < 1.29 is 4.74 Å². The van der Waals surface area contributed by atoms with Crippen LogP contribution in [0.15, 0.2) is 0 Å². The third kappa shape index (κ3) is 0.992. The molecule has 0 bridgehead atoms. The van der Waals surface area contributed by atoms with E-state index in [1.54, 1.807) is 0 Å². The Labute approximate surface area is 49.4 Å². The van der Waals surface area contributed by atoms with E-state index in [2.05, 4.69) is 17.6 Å². The lowest BCUT2D eigenvalue weighted by Gasteiger charge is -2.09. The van der Waals surface area contributed by atoms with Crippen molar-refractivity contribution in [3.63, 3.8) is 0 Å². The molecule has 1 heterocycles. The Morgan fingerprint density at radius 2 is 2.38 bits per heavy atom. The van der Waals surface area contributed by atoms with E-state index >= 15 is 0 Å². The van der Waals surface area contributed by atoms with Gasteiger partial charge in [-0.25, -0.2) is 0 Å². The summed E-state index contributed by atoms with van der Waals surface area (Å²) in [6.07, 6.45) is 0. The normalized spacial score (nSPS) is 35.2. The third-order valence-corrected chi connectivity index (χ3v) is 1.30. The molecule has 1 unspecified atom stereocenters. The molecular formula is C5H12N2O. The van der Waals surface area contributed by atoms with Crippen molar-refractivity contribution in [1.82, 2.24) is 10.6 Å². The minimum Gasteiger partial charge on any atom is -0.339 e. The quantitative estimate of drug-likeness (QED) is 0.385. The van der Waals surface area contributed by atoms with Gasteiger partial charge in [0, 0.05) is 0 Å². The molecule has 0 radical (unpaired) electrons. The predicted octanol–water partition coefficient (Wildman–Crippen LogP) is -0.501. The van der Waals surface area contributed by atoms with Crippen LogP contribution in [-0.2, 0) is 4.74 Å². The van der Waals surface area contributed by atoms with Crippen LogP contribution in [-0.4, -0.2) is 26.0 Å². The van der Waals surface area contributed by atoms with Gasteiger partial charge in [0.25, 0.3) is 0 Å². The molecule has 0 spiro atoms. The second-order valence-electron chi connectivity index (χ2n) is 1.90. The molecular weight excluding hydrogens is 104 g/mol. The van der Waals surface area contributed by atoms with E-state index in [-0.39, 0.29) is 5.85 Å². The first kappa shape index (κ1) is 6.01. The number of likely N-dealkylation sites (N-methyl/N-ethyl adjacent to an activating group) is 2. The van der Waals surface area contributed by atoms with Gasteiger partial charge in [-0.3, -0.25) is 10.6 Å². The lowest BCUT2D eigenvalue weighted by Crippen LogP contribution is -2.44. The maximum absolute atomic E-state index is 5.06. The van der Waals surface area contributed by atoms with Gasteiger partial charge in [0.15, 0.2) is 5.85 Å². The lowest BCUT2D eigenvalue weighted by atomic mass is 10.5. The Hall–Kier alpha value is -0.120. The highest BCUT2D eigenvalue weighted by Gasteiger charge is 2.42. The molecule has 0 amide bonds. The Morgan fingerprint density at radius 1 is 1.75 bits per heavy atom. The first-order valence-corrected chi connectivity index (χ1v) is 2.91. The fourth-order valence-electron chi connectivity index (χ4n) is 0.693. The minimum atomic E-state index is -0.158. The molecule has 3 heteroatoms. The number of hydrogen-bond acceptors (Lipinski definition) is 3. The first-order valence-electron chi connectivity index (χ1n) is 2.91. The van der Waals surface area contributed by atoms with Crippen molar-refractivity contribution in [2.45, 2.75) is 12.8 Å². The van der Waals surface area contributed by atoms with Gasteiger partial charge in [-0.15, -0.1) is 0 Å². The molecule has 1 atom stereocenters. The fourth-order valence-corrected chi connectivity index (χ4v) is 0.693. The van der Waals surface area contributed by atoms with Gasteiger partial charge in [0.2, 0.25) is 0 Å². The Bertz CT molecular complexity index is 80.5. The monoisotopic (exact) mass is 116 g/mol. The molecule has 0 aromatic rings. The number of ether oxygens (including phenoxy) is 1. The molecule has 2 N–H and O–H groups in total. The highest BCUT2D eigenvalue weighted by molar-refractivity contribution is 4.83. The summed E-state index contributed by atoms with van der Waals surface area (Å²) in [6, 6.07) is 0. The van der Waals surface area contributed by atoms with E-state index in [1.807, 2.05) is 7.05 Å². The molecule has 0 saturated carbocycles. The molecule has 48 valence electrons. The number of epoxide rings is 1. The molecule has 0 aromatic carbocycles. The van der Waals surface area contributed by atoms with Gasteiger partial charge in [0.05, 0.1) is 0 Å². The SMILES string of the molecule is CCNC1(NC)CO1. The van der Waals surface area contributed by atoms with Crippen molar-refractivity contribution in [2.75, 3.05) is 20.2 Å². The molecule has 0 aromatic heterocycles. The largest absolute Gasteiger partial charge is 0.339 e. The third-order valence-electron chi connectivity index (χ3n) is 1.30. The van der Waals surface area contributed by atoms with Crippen molar-refractivity contribution in [1.29, 1.82) is 0 Å². The van der Waals surface area contributed by atoms with Crippen LogP contribution < -0.4 is 10.6 Å². The second kappa shape index (κ2) is 2.01. The molecule has 0 aliphatic carbocycles. The van der Waals surface area contributed by atoms with Crippen LogP contribution in [0.1, 0.15) is 6.92 Å². The van der Waals surface area contributed by atoms with Gasteiger partial charge in [-0.1, -0.05) is 6.92 Å². The summed E-state index contributed by atoms with van der Waals surface area (Å²) in [6.45, 7) is 3.79. The summed E-state index contributed by atoms with van der Waals surface area (Å²) in [7, 11) is 1.88. The van der Waals surface area contributed by atoms with Crippen LogP contribution in [0.2, 0.25) is 0 Å². The molecule has 1 aliphatic heterocycles. The maximum Gasteiger partial charge on any atom is 0.198 e. The van der Waals surface area contributed by atoms with Crippen molar-refractivity contribution in [3.05, 3.63) is 0 Å². The molecule has 1 aliphatic rings. The average Bonchev–Trinajstić information content (AvgIpc) is 2.50. The van der Waals surface area contributed by atoms with Crippen LogP contribution in [0.3, 0.4) is 0 Å². The highest BCUT2D eigenvalue weighted by atomic mass is 16.6.